The van der Waals surface area contributed by atoms with Crippen molar-refractivity contribution >= 4 is 0 Å². The molecule has 0 aliphatic carbocycles. The lowest BCUT2D eigenvalue weighted by molar-refractivity contribution is 0.164. The second-order valence-electron chi connectivity index (χ2n) is 2.78. The maximum Gasteiger partial charge on any atom is 0.205 e. The van der Waals surface area contributed by atoms with Gasteiger partial charge in [-0.1, -0.05) is 0 Å². The number of nitrogens with zero attached hydrogens (tertiary/aromatic N) is 1. The normalized spacial score (nSPS) is 13.1. The average molecular weight is 191 g/mol. The Morgan fingerprint density at radius 3 is 2.64 bits per heavy atom. The van der Waals surface area contributed by atoms with E-state index in [1.165, 1.54) is 0 Å². The van der Waals surface area contributed by atoms with E-state index in [1.807, 2.05) is 6.07 Å². The molecule has 0 N–H and O–H groups in total. The van der Waals surface area contributed by atoms with Crippen LogP contribution in [0.25, 0.3) is 0 Å². The van der Waals surface area contributed by atoms with E-state index in [2.05, 4.69) is 0 Å². The molecule has 0 radical (unpaired) electrons. The topological polar surface area (TPSA) is 51.5 Å². The highest BCUT2D eigenvalue weighted by molar-refractivity contribution is 5.60. The van der Waals surface area contributed by atoms with E-state index in [0.717, 1.165) is 0 Å². The van der Waals surface area contributed by atoms with Gasteiger partial charge in [0.25, 0.3) is 0 Å². The van der Waals surface area contributed by atoms with Crippen molar-refractivity contribution in [3.05, 3.63) is 17.7 Å². The van der Waals surface area contributed by atoms with Crippen molar-refractivity contribution in [2.24, 2.45) is 0 Å². The van der Waals surface area contributed by atoms with Gasteiger partial charge in [-0.05, 0) is 12.1 Å². The van der Waals surface area contributed by atoms with E-state index in [1.54, 1.807) is 19.2 Å². The Labute approximate surface area is 81.6 Å². The average Bonchev–Trinajstić information content (AvgIpc) is 2.27. The highest BCUT2D eigenvalue weighted by Crippen LogP contribution is 2.41. The quantitative estimate of drug-likeness (QED) is 0.672. The van der Waals surface area contributed by atoms with Crippen LogP contribution in [-0.4, -0.2) is 20.3 Å². The molecule has 2 rings (SSSR count). The molecule has 0 bridgehead atoms. The Morgan fingerprint density at radius 2 is 2.00 bits per heavy atom. The van der Waals surface area contributed by atoms with Crippen LogP contribution in [0.1, 0.15) is 5.56 Å². The number of methoxy groups -OCH3 is 1. The Morgan fingerprint density at radius 1 is 1.29 bits per heavy atom. The van der Waals surface area contributed by atoms with Crippen molar-refractivity contribution in [3.63, 3.8) is 0 Å². The minimum atomic E-state index is 0.467. The summed E-state index contributed by atoms with van der Waals surface area (Å²) in [5.41, 5.74) is 0.473. The molecule has 1 aliphatic rings. The molecule has 4 heteroatoms. The highest BCUT2D eigenvalue weighted by Gasteiger charge is 2.20. The molecule has 1 aromatic carbocycles. The van der Waals surface area contributed by atoms with Crippen molar-refractivity contribution in [1.29, 1.82) is 5.26 Å². The minimum absolute atomic E-state index is 0.467. The van der Waals surface area contributed by atoms with Gasteiger partial charge in [-0.15, -0.1) is 0 Å². The standard InChI is InChI=1S/C10H9NO3/c1-12-8-3-2-7(6-11)9-10(8)14-5-4-13-9/h2-3H,4-5H2,1H3. The predicted octanol–water partition coefficient (Wildman–Crippen LogP) is 1.34. The third-order valence-corrected chi connectivity index (χ3v) is 1.99. The Bertz CT molecular complexity index is 395. The SMILES string of the molecule is COc1ccc(C#N)c2c1OCCO2. The van der Waals surface area contributed by atoms with E-state index in [0.29, 0.717) is 36.0 Å². The number of benzene rings is 1. The fourth-order valence-corrected chi connectivity index (χ4v) is 1.36. The first kappa shape index (κ1) is 8.70. The van der Waals surface area contributed by atoms with E-state index < -0.39 is 0 Å². The monoisotopic (exact) mass is 191 g/mol. The van der Waals surface area contributed by atoms with Crippen LogP contribution in [0.4, 0.5) is 0 Å². The molecule has 0 spiro atoms. The van der Waals surface area contributed by atoms with Crippen LogP contribution in [0.5, 0.6) is 17.2 Å². The summed E-state index contributed by atoms with van der Waals surface area (Å²) in [5, 5.41) is 8.83. The van der Waals surface area contributed by atoms with Gasteiger partial charge in [0.1, 0.15) is 19.3 Å². The lowest BCUT2D eigenvalue weighted by atomic mass is 10.2. The predicted molar refractivity (Wildman–Crippen MR) is 48.7 cm³/mol. The first-order chi connectivity index (χ1) is 6.86. The van der Waals surface area contributed by atoms with E-state index in [9.17, 15) is 0 Å². The summed E-state index contributed by atoms with van der Waals surface area (Å²) in [5.74, 6) is 1.61. The zero-order valence-electron chi connectivity index (χ0n) is 7.74. The summed E-state index contributed by atoms with van der Waals surface area (Å²) < 4.78 is 15.8. The molecular weight excluding hydrogens is 182 g/mol. The number of hydrogen-bond acceptors (Lipinski definition) is 4. The first-order valence-corrected chi connectivity index (χ1v) is 4.23. The number of nitriles is 1. The largest absolute Gasteiger partial charge is 0.493 e. The molecule has 1 aliphatic heterocycles. The fraction of sp³-hybridized carbons (Fsp3) is 0.300. The van der Waals surface area contributed by atoms with E-state index >= 15 is 0 Å². The first-order valence-electron chi connectivity index (χ1n) is 4.23. The molecule has 0 saturated heterocycles. The smallest absolute Gasteiger partial charge is 0.205 e. The van der Waals surface area contributed by atoms with Gasteiger partial charge in [0.05, 0.1) is 12.7 Å². The van der Waals surface area contributed by atoms with Crippen LogP contribution in [0.2, 0.25) is 0 Å². The van der Waals surface area contributed by atoms with E-state index in [4.69, 9.17) is 19.5 Å². The van der Waals surface area contributed by atoms with Crippen LogP contribution in [0.3, 0.4) is 0 Å². The van der Waals surface area contributed by atoms with Crippen molar-refractivity contribution in [2.75, 3.05) is 20.3 Å². The Hall–Kier alpha value is -1.89. The van der Waals surface area contributed by atoms with Gasteiger partial charge < -0.3 is 14.2 Å². The summed E-state index contributed by atoms with van der Waals surface area (Å²) in [7, 11) is 1.56. The molecule has 4 nitrogen and oxygen atoms in total. The molecule has 72 valence electrons. The summed E-state index contributed by atoms with van der Waals surface area (Å²) >= 11 is 0. The summed E-state index contributed by atoms with van der Waals surface area (Å²) in [4.78, 5) is 0. The third kappa shape index (κ3) is 1.23. The summed E-state index contributed by atoms with van der Waals surface area (Å²) in [6, 6.07) is 5.41. The molecule has 0 aromatic heterocycles. The molecule has 0 fully saturated rings. The molecule has 0 saturated carbocycles. The van der Waals surface area contributed by atoms with Crippen LogP contribution < -0.4 is 14.2 Å². The van der Waals surface area contributed by atoms with Crippen molar-refractivity contribution in [3.8, 4) is 23.3 Å². The number of fused-ring (bicyclic) bond motifs is 1. The van der Waals surface area contributed by atoms with Gasteiger partial charge in [-0.3, -0.25) is 0 Å². The van der Waals surface area contributed by atoms with Gasteiger partial charge in [-0.2, -0.15) is 5.26 Å². The second kappa shape index (κ2) is 3.46. The molecule has 0 amide bonds. The molecule has 0 unspecified atom stereocenters. The Balaban J connectivity index is 2.57. The summed E-state index contributed by atoms with van der Waals surface area (Å²) in [6.07, 6.45) is 0. The minimum Gasteiger partial charge on any atom is -0.493 e. The van der Waals surface area contributed by atoms with Crippen molar-refractivity contribution in [2.45, 2.75) is 0 Å². The van der Waals surface area contributed by atoms with Gasteiger partial charge in [-0.25, -0.2) is 0 Å². The maximum absolute atomic E-state index is 8.83. The molecule has 14 heavy (non-hydrogen) atoms. The van der Waals surface area contributed by atoms with Crippen molar-refractivity contribution < 1.29 is 14.2 Å². The molecule has 1 heterocycles. The van der Waals surface area contributed by atoms with E-state index in [-0.39, 0.29) is 0 Å². The van der Waals surface area contributed by atoms with Crippen LogP contribution >= 0.6 is 0 Å². The van der Waals surface area contributed by atoms with Gasteiger partial charge in [0.15, 0.2) is 11.5 Å². The molecule has 1 aromatic rings. The lowest BCUT2D eigenvalue weighted by Gasteiger charge is -2.20. The Kier molecular flexibility index (Phi) is 2.15. The maximum atomic E-state index is 8.83. The van der Waals surface area contributed by atoms with Gasteiger partial charge in [0.2, 0.25) is 5.75 Å². The number of ether oxygens (including phenoxy) is 3. The fourth-order valence-electron chi connectivity index (χ4n) is 1.36. The van der Waals surface area contributed by atoms with Crippen LogP contribution in [-0.2, 0) is 0 Å². The zero-order valence-corrected chi connectivity index (χ0v) is 7.74. The van der Waals surface area contributed by atoms with Crippen LogP contribution in [0, 0.1) is 11.3 Å². The van der Waals surface area contributed by atoms with Gasteiger partial charge >= 0.3 is 0 Å². The highest BCUT2D eigenvalue weighted by atomic mass is 16.6. The molecule has 0 atom stereocenters. The number of hydrogen-bond donors (Lipinski definition) is 0. The zero-order chi connectivity index (χ0) is 9.97. The van der Waals surface area contributed by atoms with Gasteiger partial charge in [0, 0.05) is 0 Å². The number of rotatable bonds is 1. The third-order valence-electron chi connectivity index (χ3n) is 1.99. The lowest BCUT2D eigenvalue weighted by Crippen LogP contribution is -2.16. The summed E-state index contributed by atoms with van der Waals surface area (Å²) in [6.45, 7) is 0.951. The molecular formula is C10H9NO3. The second-order valence-corrected chi connectivity index (χ2v) is 2.78. The van der Waals surface area contributed by atoms with Crippen molar-refractivity contribution in [1.82, 2.24) is 0 Å². The van der Waals surface area contributed by atoms with Crippen LogP contribution in [0.15, 0.2) is 12.1 Å².